The van der Waals surface area contributed by atoms with Gasteiger partial charge in [0, 0.05) is 6.42 Å². The van der Waals surface area contributed by atoms with Crippen LogP contribution in [0.5, 0.6) is 0 Å². The molecule has 2 N–H and O–H groups in total. The maximum atomic E-state index is 11.0. The minimum absolute atomic E-state index is 0.0561. The summed E-state index contributed by atoms with van der Waals surface area (Å²) in [5.41, 5.74) is 0.882. The average Bonchev–Trinajstić information content (AvgIpc) is 2.97. The highest BCUT2D eigenvalue weighted by Crippen LogP contribution is 2.68. The molecule has 0 heterocycles. The highest BCUT2D eigenvalue weighted by Gasteiger charge is 2.60. The van der Waals surface area contributed by atoms with Crippen molar-refractivity contribution in [3.63, 3.8) is 0 Å². The molecule has 0 saturated heterocycles. The number of aliphatic hydroxyl groups excluding tert-OH is 1. The number of fused-ring (bicyclic) bond motifs is 5. The van der Waals surface area contributed by atoms with Crippen LogP contribution in [0.25, 0.3) is 0 Å². The summed E-state index contributed by atoms with van der Waals surface area (Å²) in [7, 11) is 0. The fourth-order valence-electron chi connectivity index (χ4n) is 8.76. The van der Waals surface area contributed by atoms with Gasteiger partial charge in [-0.2, -0.15) is 0 Å². The number of hydrogen-bond donors (Lipinski definition) is 2. The van der Waals surface area contributed by atoms with Gasteiger partial charge in [-0.05, 0) is 111 Å². The Morgan fingerprint density at radius 2 is 1.70 bits per heavy atom. The molecule has 0 amide bonds. The molecule has 4 fully saturated rings. The van der Waals surface area contributed by atoms with Crippen LogP contribution >= 0.6 is 0 Å². The van der Waals surface area contributed by atoms with Gasteiger partial charge < -0.3 is 10.2 Å². The summed E-state index contributed by atoms with van der Waals surface area (Å²) in [6, 6.07) is 0. The Bertz CT molecular complexity index is 574. The van der Waals surface area contributed by atoms with Crippen molar-refractivity contribution in [1.29, 1.82) is 0 Å². The molecule has 4 rings (SSSR count). The van der Waals surface area contributed by atoms with E-state index in [2.05, 4.69) is 20.8 Å². The average molecular weight is 377 g/mol. The number of aliphatic carboxylic acids is 1. The maximum absolute atomic E-state index is 11.0. The molecule has 4 aliphatic carbocycles. The van der Waals surface area contributed by atoms with Gasteiger partial charge in [-0.25, -0.2) is 0 Å². The van der Waals surface area contributed by atoms with Gasteiger partial charge in [-0.15, -0.1) is 0 Å². The van der Waals surface area contributed by atoms with Crippen molar-refractivity contribution in [2.45, 2.75) is 97.5 Å². The molecule has 0 aliphatic heterocycles. The first-order valence-electron chi connectivity index (χ1n) is 11.7. The fourth-order valence-corrected chi connectivity index (χ4v) is 8.76. The van der Waals surface area contributed by atoms with Crippen molar-refractivity contribution in [2.24, 2.45) is 46.3 Å². The normalized spacial score (nSPS) is 50.4. The number of aliphatic hydroxyl groups is 1. The van der Waals surface area contributed by atoms with Gasteiger partial charge in [0.25, 0.3) is 0 Å². The molecule has 0 spiro atoms. The zero-order valence-electron chi connectivity index (χ0n) is 17.6. The molecule has 0 aromatic heterocycles. The second kappa shape index (κ2) is 7.04. The monoisotopic (exact) mass is 376 g/mol. The molecule has 4 saturated carbocycles. The Labute approximate surface area is 165 Å². The molecular weight excluding hydrogens is 336 g/mol. The lowest BCUT2D eigenvalue weighted by Crippen LogP contribution is -2.54. The Balaban J connectivity index is 1.51. The fraction of sp³-hybridized carbons (Fsp3) is 0.958. The lowest BCUT2D eigenvalue weighted by Gasteiger charge is -2.61. The van der Waals surface area contributed by atoms with E-state index in [1.54, 1.807) is 0 Å². The van der Waals surface area contributed by atoms with E-state index in [1.165, 1.54) is 44.9 Å². The third kappa shape index (κ3) is 3.16. The van der Waals surface area contributed by atoms with Crippen molar-refractivity contribution < 1.29 is 15.0 Å². The topological polar surface area (TPSA) is 57.5 Å². The lowest BCUT2D eigenvalue weighted by molar-refractivity contribution is -0.138. The lowest BCUT2D eigenvalue weighted by atomic mass is 9.44. The van der Waals surface area contributed by atoms with Crippen LogP contribution in [0.2, 0.25) is 0 Å². The summed E-state index contributed by atoms with van der Waals surface area (Å²) in [5.74, 6) is 3.91. The number of carbonyl (C=O) groups is 1. The van der Waals surface area contributed by atoms with Gasteiger partial charge >= 0.3 is 5.97 Å². The van der Waals surface area contributed by atoms with Crippen LogP contribution in [0.15, 0.2) is 0 Å². The molecule has 0 aromatic carbocycles. The second-order valence-corrected chi connectivity index (χ2v) is 11.2. The molecule has 0 radical (unpaired) electrons. The van der Waals surface area contributed by atoms with Gasteiger partial charge in [0.05, 0.1) is 6.10 Å². The minimum atomic E-state index is -0.643. The minimum Gasteiger partial charge on any atom is -0.481 e. The standard InChI is InChI=1S/C24H40O3/c1-15(4-9-22(26)27)19-7-8-20-18-6-5-16-14-17(25)10-12-23(16,2)21(18)11-13-24(19,20)3/h15-21,25H,4-14H2,1-3H3,(H,26,27)/t15-,16+,17-,18-,19+,20-,21-,23-,24+/m0/s1. The number of hydrogen-bond acceptors (Lipinski definition) is 2. The second-order valence-electron chi connectivity index (χ2n) is 11.2. The highest BCUT2D eigenvalue weighted by molar-refractivity contribution is 5.66. The molecule has 0 bridgehead atoms. The Kier molecular flexibility index (Phi) is 5.15. The molecule has 0 aromatic rings. The van der Waals surface area contributed by atoms with E-state index < -0.39 is 5.97 Å². The Hall–Kier alpha value is -0.570. The van der Waals surface area contributed by atoms with Crippen molar-refractivity contribution in [3.05, 3.63) is 0 Å². The molecule has 3 heteroatoms. The van der Waals surface area contributed by atoms with Crippen molar-refractivity contribution in [3.8, 4) is 0 Å². The molecule has 4 aliphatic rings. The van der Waals surface area contributed by atoms with Crippen molar-refractivity contribution in [2.75, 3.05) is 0 Å². The summed E-state index contributed by atoms with van der Waals surface area (Å²) in [5, 5.41) is 19.3. The smallest absolute Gasteiger partial charge is 0.303 e. The molecule has 0 unspecified atom stereocenters. The maximum Gasteiger partial charge on any atom is 0.303 e. The van der Waals surface area contributed by atoms with Gasteiger partial charge in [-0.3, -0.25) is 4.79 Å². The van der Waals surface area contributed by atoms with Gasteiger partial charge in [-0.1, -0.05) is 20.8 Å². The van der Waals surface area contributed by atoms with Crippen LogP contribution in [0.3, 0.4) is 0 Å². The summed E-state index contributed by atoms with van der Waals surface area (Å²) < 4.78 is 0. The number of carboxylic acid groups (broad SMARTS) is 1. The molecular formula is C24H40O3. The van der Waals surface area contributed by atoms with E-state index in [1.807, 2.05) is 0 Å². The van der Waals surface area contributed by atoms with Crippen LogP contribution < -0.4 is 0 Å². The van der Waals surface area contributed by atoms with Crippen LogP contribution in [0.4, 0.5) is 0 Å². The molecule has 27 heavy (non-hydrogen) atoms. The summed E-state index contributed by atoms with van der Waals surface area (Å²) >= 11 is 0. The third-order valence-electron chi connectivity index (χ3n) is 10.2. The molecule has 9 atom stereocenters. The van der Waals surface area contributed by atoms with Crippen LogP contribution in [0, 0.1) is 46.3 Å². The SMILES string of the molecule is C[C@@H](CCC(=O)O)[C@H]1CC[C@H]2[C@@H]3CC[C@@H]4C[C@@H](O)CC[C@]4(C)[C@H]3CC[C@]12C. The highest BCUT2D eigenvalue weighted by atomic mass is 16.4. The first-order valence-corrected chi connectivity index (χ1v) is 11.7. The largest absolute Gasteiger partial charge is 0.481 e. The predicted octanol–water partition coefficient (Wildman–Crippen LogP) is 5.51. The first kappa shape index (κ1) is 19.7. The van der Waals surface area contributed by atoms with Crippen molar-refractivity contribution >= 4 is 5.97 Å². The van der Waals surface area contributed by atoms with E-state index in [9.17, 15) is 9.90 Å². The predicted molar refractivity (Wildman–Crippen MR) is 107 cm³/mol. The quantitative estimate of drug-likeness (QED) is 0.680. The molecule has 3 nitrogen and oxygen atoms in total. The van der Waals surface area contributed by atoms with E-state index in [4.69, 9.17) is 5.11 Å². The first-order chi connectivity index (χ1) is 12.8. The summed E-state index contributed by atoms with van der Waals surface area (Å²) in [6.45, 7) is 7.43. The molecule has 154 valence electrons. The third-order valence-corrected chi connectivity index (χ3v) is 10.2. The summed E-state index contributed by atoms with van der Waals surface area (Å²) in [6.07, 6.45) is 12.4. The zero-order valence-corrected chi connectivity index (χ0v) is 17.6. The van der Waals surface area contributed by atoms with Gasteiger partial charge in [0.15, 0.2) is 0 Å². The van der Waals surface area contributed by atoms with Crippen LogP contribution in [0.1, 0.15) is 91.4 Å². The zero-order chi connectivity index (χ0) is 19.4. The van der Waals surface area contributed by atoms with Gasteiger partial charge in [0.2, 0.25) is 0 Å². The van der Waals surface area contributed by atoms with E-state index in [0.29, 0.717) is 29.1 Å². The summed E-state index contributed by atoms with van der Waals surface area (Å²) in [4.78, 5) is 11.0. The van der Waals surface area contributed by atoms with Crippen molar-refractivity contribution in [1.82, 2.24) is 0 Å². The van der Waals surface area contributed by atoms with Crippen LogP contribution in [-0.4, -0.2) is 22.3 Å². The van der Waals surface area contributed by atoms with Gasteiger partial charge in [0.1, 0.15) is 0 Å². The van der Waals surface area contributed by atoms with Crippen LogP contribution in [-0.2, 0) is 4.79 Å². The Morgan fingerprint density at radius 1 is 1.00 bits per heavy atom. The number of carboxylic acids is 1. The van der Waals surface area contributed by atoms with E-state index >= 15 is 0 Å². The Morgan fingerprint density at radius 3 is 2.44 bits per heavy atom. The number of rotatable bonds is 4. The van der Waals surface area contributed by atoms with E-state index in [0.717, 1.165) is 42.9 Å². The van der Waals surface area contributed by atoms with E-state index in [-0.39, 0.29) is 6.10 Å².